The zero-order valence-electron chi connectivity index (χ0n) is 24.0. The van der Waals surface area contributed by atoms with E-state index in [1.165, 1.54) is 24.4 Å². The molecule has 3 aromatic carbocycles. The Morgan fingerprint density at radius 1 is 1.00 bits per heavy atom. The molecular weight excluding hydrogens is 609 g/mol. The van der Waals surface area contributed by atoms with E-state index in [0.717, 1.165) is 37.1 Å². The van der Waals surface area contributed by atoms with Gasteiger partial charge in [0.15, 0.2) is 0 Å². The molecule has 2 aromatic heterocycles. The van der Waals surface area contributed by atoms with Crippen molar-refractivity contribution in [3.8, 4) is 23.3 Å². The summed E-state index contributed by atoms with van der Waals surface area (Å²) in [5.41, 5.74) is 0.0655. The molecule has 13 heteroatoms. The van der Waals surface area contributed by atoms with Gasteiger partial charge in [0.2, 0.25) is 0 Å². The summed E-state index contributed by atoms with van der Waals surface area (Å²) in [6, 6.07) is 12.7. The molecule has 8 nitrogen and oxygen atoms in total. The van der Waals surface area contributed by atoms with Crippen molar-refractivity contribution in [2.24, 2.45) is 5.41 Å². The van der Waals surface area contributed by atoms with Crippen LogP contribution in [0.1, 0.15) is 58.6 Å². The summed E-state index contributed by atoms with van der Waals surface area (Å²) >= 11 is 0. The average Bonchev–Trinajstić information content (AvgIpc) is 3.71. The maximum absolute atomic E-state index is 15.5. The van der Waals surface area contributed by atoms with Gasteiger partial charge >= 0.3 is 12.0 Å². The number of nitrogens with zero attached hydrogens (tertiary/aromatic N) is 5. The lowest BCUT2D eigenvalue weighted by Crippen LogP contribution is -2.15. The Balaban J connectivity index is 1.26. The minimum absolute atomic E-state index is 0.00496. The molecule has 0 bridgehead atoms. The molecule has 0 spiro atoms. The maximum atomic E-state index is 15.5. The first-order valence-electron chi connectivity index (χ1n) is 14.2. The van der Waals surface area contributed by atoms with E-state index < -0.39 is 35.4 Å². The normalized spacial score (nSPS) is 13.6. The highest BCUT2D eigenvalue weighted by atomic mass is 19.3. The van der Waals surface area contributed by atoms with E-state index in [1.807, 2.05) is 0 Å². The number of benzene rings is 3. The summed E-state index contributed by atoms with van der Waals surface area (Å²) in [6.07, 6.45) is 0.219. The van der Waals surface area contributed by atoms with E-state index >= 15 is 8.78 Å². The fourth-order valence-corrected chi connectivity index (χ4v) is 5.30. The predicted molar refractivity (Wildman–Crippen MR) is 154 cm³/mol. The van der Waals surface area contributed by atoms with Gasteiger partial charge in [-0.05, 0) is 60.9 Å². The molecule has 1 aliphatic carbocycles. The SMILES string of the molecule is N#CCC1(Cn2c(Cc3cc(F)c(-c4ccnc(OCc5ccc(C(F)F)cc5F)n4)cc3F)nc3ccc(C(=O)O)cc32)CC1. The van der Waals surface area contributed by atoms with Gasteiger partial charge in [-0.1, -0.05) is 12.1 Å². The first kappa shape index (κ1) is 30.6. The van der Waals surface area contributed by atoms with Crippen molar-refractivity contribution in [1.82, 2.24) is 19.5 Å². The topological polar surface area (TPSA) is 114 Å². The van der Waals surface area contributed by atoms with Crippen LogP contribution in [0.4, 0.5) is 22.0 Å². The van der Waals surface area contributed by atoms with Gasteiger partial charge in [-0.15, -0.1) is 0 Å². The number of aromatic carboxylic acids is 1. The Hall–Kier alpha value is -5.38. The number of aromatic nitrogens is 4. The van der Waals surface area contributed by atoms with Gasteiger partial charge in [-0.3, -0.25) is 0 Å². The van der Waals surface area contributed by atoms with Crippen LogP contribution in [-0.4, -0.2) is 30.6 Å². The monoisotopic (exact) mass is 633 g/mol. The van der Waals surface area contributed by atoms with Gasteiger partial charge < -0.3 is 14.4 Å². The van der Waals surface area contributed by atoms with Crippen molar-refractivity contribution in [3.63, 3.8) is 0 Å². The zero-order chi connectivity index (χ0) is 32.6. The molecule has 1 aliphatic rings. The van der Waals surface area contributed by atoms with Crippen molar-refractivity contribution in [3.05, 3.63) is 106 Å². The zero-order valence-corrected chi connectivity index (χ0v) is 24.0. The maximum Gasteiger partial charge on any atom is 0.335 e. The summed E-state index contributed by atoms with van der Waals surface area (Å²) in [6.45, 7) is -0.0131. The second-order valence-corrected chi connectivity index (χ2v) is 11.2. The minimum atomic E-state index is -2.83. The van der Waals surface area contributed by atoms with Crippen LogP contribution >= 0.6 is 0 Å². The molecule has 1 N–H and O–H groups in total. The number of carboxylic acids is 1. The quantitative estimate of drug-likeness (QED) is 0.151. The first-order valence-corrected chi connectivity index (χ1v) is 14.2. The smallest absolute Gasteiger partial charge is 0.335 e. The minimum Gasteiger partial charge on any atom is -0.478 e. The Morgan fingerprint density at radius 3 is 2.48 bits per heavy atom. The summed E-state index contributed by atoms with van der Waals surface area (Å²) < 4.78 is 78.0. The molecule has 1 fully saturated rings. The van der Waals surface area contributed by atoms with E-state index in [4.69, 9.17) is 4.74 Å². The van der Waals surface area contributed by atoms with Crippen molar-refractivity contribution >= 4 is 17.0 Å². The second kappa shape index (κ2) is 12.2. The van der Waals surface area contributed by atoms with Crippen LogP contribution in [0.15, 0.2) is 60.8 Å². The molecule has 0 saturated heterocycles. The van der Waals surface area contributed by atoms with E-state index in [2.05, 4.69) is 21.0 Å². The van der Waals surface area contributed by atoms with Gasteiger partial charge in [0.05, 0.1) is 28.4 Å². The van der Waals surface area contributed by atoms with Crippen LogP contribution in [0.25, 0.3) is 22.3 Å². The van der Waals surface area contributed by atoms with Gasteiger partial charge in [0, 0.05) is 47.7 Å². The number of carboxylic acid groups (broad SMARTS) is 1. The molecule has 5 aromatic rings. The van der Waals surface area contributed by atoms with Gasteiger partial charge in [-0.25, -0.2) is 36.7 Å². The van der Waals surface area contributed by atoms with Crippen LogP contribution in [0.5, 0.6) is 6.01 Å². The van der Waals surface area contributed by atoms with E-state index in [0.29, 0.717) is 35.9 Å². The number of alkyl halides is 2. The van der Waals surface area contributed by atoms with E-state index in [-0.39, 0.29) is 52.4 Å². The number of ether oxygens (including phenoxy) is 1. The Labute approximate surface area is 258 Å². The number of rotatable bonds is 11. The lowest BCUT2D eigenvalue weighted by Gasteiger charge is -2.16. The van der Waals surface area contributed by atoms with E-state index in [1.54, 1.807) is 10.6 Å². The predicted octanol–water partition coefficient (Wildman–Crippen LogP) is 7.41. The Morgan fingerprint density at radius 2 is 1.78 bits per heavy atom. The largest absolute Gasteiger partial charge is 0.478 e. The number of halogens is 5. The molecule has 0 aliphatic heterocycles. The average molecular weight is 634 g/mol. The lowest BCUT2D eigenvalue weighted by atomic mass is 10.0. The van der Waals surface area contributed by atoms with Crippen LogP contribution in [0.3, 0.4) is 0 Å². The van der Waals surface area contributed by atoms with Crippen LogP contribution in [0.2, 0.25) is 0 Å². The number of imidazole rings is 1. The third kappa shape index (κ3) is 6.24. The highest BCUT2D eigenvalue weighted by Crippen LogP contribution is 2.50. The third-order valence-electron chi connectivity index (χ3n) is 8.06. The van der Waals surface area contributed by atoms with Crippen molar-refractivity contribution < 1.29 is 36.6 Å². The van der Waals surface area contributed by atoms with Gasteiger partial charge in [-0.2, -0.15) is 10.2 Å². The number of nitriles is 1. The molecule has 0 radical (unpaired) electrons. The van der Waals surface area contributed by atoms with E-state index in [9.17, 15) is 28.3 Å². The molecule has 1 saturated carbocycles. The summed E-state index contributed by atoms with van der Waals surface area (Å²) in [4.78, 5) is 24.3. The number of carbonyl (C=O) groups is 1. The summed E-state index contributed by atoms with van der Waals surface area (Å²) in [5.74, 6) is -3.17. The Bertz CT molecular complexity index is 2020. The van der Waals surface area contributed by atoms with Crippen LogP contribution < -0.4 is 4.74 Å². The molecule has 0 amide bonds. The summed E-state index contributed by atoms with van der Waals surface area (Å²) in [5, 5.41) is 18.8. The van der Waals surface area contributed by atoms with Crippen molar-refractivity contribution in [2.45, 2.75) is 45.3 Å². The molecule has 0 unspecified atom stereocenters. The fourth-order valence-electron chi connectivity index (χ4n) is 5.30. The standard InChI is InChI=1S/C33H24F5N5O3/c34-23-11-18(30(37)38)1-2-20(23)16-46-32-40-10-5-26(42-32)22-15-24(35)21(12-25(22)36)14-29-41-27-4-3-19(31(44)45)13-28(27)43(29)17-33(6-7-33)8-9-39/h1-5,10-13,15,30H,6-8,14,16-17H2,(H,44,45). The molecule has 2 heterocycles. The summed E-state index contributed by atoms with van der Waals surface area (Å²) in [7, 11) is 0. The van der Waals surface area contributed by atoms with Crippen molar-refractivity contribution in [2.75, 3.05) is 0 Å². The molecular formula is C33H24F5N5O3. The van der Waals surface area contributed by atoms with Gasteiger partial charge in [0.25, 0.3) is 6.43 Å². The fraction of sp³-hybridized carbons (Fsp3) is 0.242. The van der Waals surface area contributed by atoms with Gasteiger partial charge in [0.1, 0.15) is 29.9 Å². The molecule has 46 heavy (non-hydrogen) atoms. The molecule has 6 rings (SSSR count). The Kier molecular flexibility index (Phi) is 8.12. The van der Waals surface area contributed by atoms with Crippen LogP contribution in [-0.2, 0) is 19.6 Å². The number of fused-ring (bicyclic) bond motifs is 1. The lowest BCUT2D eigenvalue weighted by molar-refractivity contribution is 0.0697. The highest BCUT2D eigenvalue weighted by Gasteiger charge is 2.43. The molecule has 234 valence electrons. The number of hydrogen-bond donors (Lipinski definition) is 1. The first-order chi connectivity index (χ1) is 22.1. The molecule has 0 atom stereocenters. The second-order valence-electron chi connectivity index (χ2n) is 11.2. The van der Waals surface area contributed by atoms with Crippen LogP contribution in [0, 0.1) is 34.2 Å². The highest BCUT2D eigenvalue weighted by molar-refractivity contribution is 5.92. The van der Waals surface area contributed by atoms with Crippen molar-refractivity contribution in [1.29, 1.82) is 5.26 Å². The number of hydrogen-bond acceptors (Lipinski definition) is 6. The third-order valence-corrected chi connectivity index (χ3v) is 8.06.